The van der Waals surface area contributed by atoms with Crippen LogP contribution in [0.5, 0.6) is 0 Å². The van der Waals surface area contributed by atoms with Crippen molar-refractivity contribution >= 4 is 0 Å². The van der Waals surface area contributed by atoms with Gasteiger partial charge in [-0.25, -0.2) is 0 Å². The summed E-state index contributed by atoms with van der Waals surface area (Å²) in [5, 5.41) is 14.4. The third kappa shape index (κ3) is 1.29. The first-order chi connectivity index (χ1) is 7.37. The first kappa shape index (κ1) is 9.27. The fourth-order valence-corrected chi connectivity index (χ4v) is 3.27. The Hall–Kier alpha value is -0.970. The zero-order valence-corrected chi connectivity index (χ0v) is 8.82. The average molecular weight is 207 g/mol. The highest BCUT2D eigenvalue weighted by Gasteiger charge is 2.60. The molecule has 3 N–H and O–H groups in total. The summed E-state index contributed by atoms with van der Waals surface area (Å²) in [6.45, 7) is 0.660. The summed E-state index contributed by atoms with van der Waals surface area (Å²) in [5.74, 6) is 2.40. The van der Waals surface area contributed by atoms with Gasteiger partial charge in [-0.2, -0.15) is 5.21 Å². The summed E-state index contributed by atoms with van der Waals surface area (Å²) >= 11 is 0. The van der Waals surface area contributed by atoms with Crippen LogP contribution in [0.3, 0.4) is 0 Å². The molecule has 2 aliphatic carbocycles. The highest BCUT2D eigenvalue weighted by atomic mass is 15.5. The Kier molecular flexibility index (Phi) is 2.02. The van der Waals surface area contributed by atoms with Crippen LogP contribution >= 0.6 is 0 Å². The van der Waals surface area contributed by atoms with Gasteiger partial charge in [-0.3, -0.25) is 0 Å². The number of hydrogen-bond donors (Lipinski definition) is 2. The van der Waals surface area contributed by atoms with Crippen molar-refractivity contribution in [1.82, 2.24) is 20.6 Å². The van der Waals surface area contributed by atoms with Gasteiger partial charge in [0, 0.05) is 12.0 Å². The molecule has 0 amide bonds. The highest BCUT2D eigenvalue weighted by molar-refractivity contribution is 5.23. The van der Waals surface area contributed by atoms with Crippen molar-refractivity contribution in [2.24, 2.45) is 17.6 Å². The van der Waals surface area contributed by atoms with Crippen molar-refractivity contribution in [2.45, 2.75) is 37.5 Å². The van der Waals surface area contributed by atoms with Gasteiger partial charge in [0.25, 0.3) is 0 Å². The lowest BCUT2D eigenvalue weighted by molar-refractivity contribution is 0.418. The number of nitrogens with zero attached hydrogens (tertiary/aromatic N) is 3. The second kappa shape index (κ2) is 3.27. The molecule has 0 bridgehead atoms. The highest BCUT2D eigenvalue weighted by Crippen LogP contribution is 2.59. The third-order valence-corrected chi connectivity index (χ3v) is 4.26. The maximum Gasteiger partial charge on any atom is 0.182 e. The zero-order valence-electron chi connectivity index (χ0n) is 8.82. The number of rotatable bonds is 3. The molecule has 2 saturated carbocycles. The topological polar surface area (TPSA) is 80.5 Å². The van der Waals surface area contributed by atoms with Crippen molar-refractivity contribution in [3.8, 4) is 0 Å². The van der Waals surface area contributed by atoms with E-state index in [9.17, 15) is 0 Å². The van der Waals surface area contributed by atoms with Crippen LogP contribution < -0.4 is 5.73 Å². The lowest BCUT2D eigenvalue weighted by Crippen LogP contribution is -2.26. The Balaban J connectivity index is 1.80. The van der Waals surface area contributed by atoms with E-state index >= 15 is 0 Å². The second-order valence-corrected chi connectivity index (χ2v) is 4.95. The van der Waals surface area contributed by atoms with Gasteiger partial charge >= 0.3 is 0 Å². The molecular formula is C10H17N5. The molecule has 5 nitrogen and oxygen atoms in total. The van der Waals surface area contributed by atoms with E-state index in [4.69, 9.17) is 5.73 Å². The molecule has 2 aliphatic rings. The van der Waals surface area contributed by atoms with Crippen LogP contribution in [0.15, 0.2) is 0 Å². The molecule has 0 radical (unpaired) electrons. The summed E-state index contributed by atoms with van der Waals surface area (Å²) < 4.78 is 0. The van der Waals surface area contributed by atoms with E-state index in [0.29, 0.717) is 12.5 Å². The zero-order chi connectivity index (χ0) is 10.3. The number of tetrazole rings is 1. The van der Waals surface area contributed by atoms with E-state index in [-0.39, 0.29) is 5.41 Å². The molecule has 2 fully saturated rings. The van der Waals surface area contributed by atoms with E-state index in [2.05, 4.69) is 20.6 Å². The molecule has 1 heterocycles. The largest absolute Gasteiger partial charge is 0.329 e. The van der Waals surface area contributed by atoms with E-state index in [1.54, 1.807) is 0 Å². The summed E-state index contributed by atoms with van der Waals surface area (Å²) in [6, 6.07) is 0. The minimum Gasteiger partial charge on any atom is -0.329 e. The number of H-pyrrole nitrogens is 1. The van der Waals surface area contributed by atoms with Crippen molar-refractivity contribution in [2.75, 3.05) is 6.54 Å². The van der Waals surface area contributed by atoms with Crippen LogP contribution in [0, 0.1) is 11.8 Å². The molecule has 3 rings (SSSR count). The Morgan fingerprint density at radius 1 is 1.40 bits per heavy atom. The normalized spacial score (nSPS) is 35.9. The molecule has 0 spiro atoms. The summed E-state index contributed by atoms with van der Waals surface area (Å²) in [4.78, 5) is 0. The summed E-state index contributed by atoms with van der Waals surface area (Å²) in [7, 11) is 0. The third-order valence-electron chi connectivity index (χ3n) is 4.26. The molecule has 2 unspecified atom stereocenters. The van der Waals surface area contributed by atoms with Gasteiger partial charge in [-0.05, 0) is 18.3 Å². The van der Waals surface area contributed by atoms with Crippen LogP contribution in [0.4, 0.5) is 0 Å². The van der Waals surface area contributed by atoms with Crippen LogP contribution in [0.25, 0.3) is 0 Å². The van der Waals surface area contributed by atoms with Crippen LogP contribution in [0.2, 0.25) is 0 Å². The molecule has 1 aromatic rings. The molecule has 0 aromatic carbocycles. The number of nitrogens with one attached hydrogen (secondary N) is 1. The van der Waals surface area contributed by atoms with Crippen molar-refractivity contribution in [3.05, 3.63) is 5.82 Å². The monoisotopic (exact) mass is 207 g/mol. The average Bonchev–Trinajstić information content (AvgIpc) is 2.76. The first-order valence-electron chi connectivity index (χ1n) is 5.81. The van der Waals surface area contributed by atoms with Crippen LogP contribution in [0.1, 0.15) is 37.9 Å². The smallest absolute Gasteiger partial charge is 0.182 e. The van der Waals surface area contributed by atoms with Gasteiger partial charge in [0.15, 0.2) is 5.82 Å². The minimum atomic E-state index is 0.0575. The fourth-order valence-electron chi connectivity index (χ4n) is 3.27. The number of aromatic amines is 1. The molecule has 82 valence electrons. The van der Waals surface area contributed by atoms with Crippen molar-refractivity contribution in [1.29, 1.82) is 0 Å². The van der Waals surface area contributed by atoms with Gasteiger partial charge in [0.05, 0.1) is 0 Å². The first-order valence-corrected chi connectivity index (χ1v) is 5.81. The molecule has 5 heteroatoms. The van der Waals surface area contributed by atoms with E-state index in [1.807, 2.05) is 0 Å². The molecular weight excluding hydrogens is 190 g/mol. The van der Waals surface area contributed by atoms with Gasteiger partial charge < -0.3 is 5.73 Å². The summed E-state index contributed by atoms with van der Waals surface area (Å²) in [6.07, 6.45) is 6.66. The van der Waals surface area contributed by atoms with E-state index in [1.165, 1.54) is 25.7 Å². The standard InChI is InChI=1S/C10H17N5/c11-6-10(9-12-14-15-13-9)5-8(10)7-3-1-2-4-7/h7-8H,1-6,11H2,(H,12,13,14,15). The lowest BCUT2D eigenvalue weighted by Gasteiger charge is -2.14. The van der Waals surface area contributed by atoms with Gasteiger partial charge in [0.2, 0.25) is 0 Å². The van der Waals surface area contributed by atoms with Gasteiger partial charge in [-0.1, -0.05) is 30.9 Å². The van der Waals surface area contributed by atoms with Crippen molar-refractivity contribution in [3.63, 3.8) is 0 Å². The molecule has 0 saturated heterocycles. The number of nitrogens with two attached hydrogens (primary N) is 1. The fraction of sp³-hybridized carbons (Fsp3) is 0.900. The minimum absolute atomic E-state index is 0.0575. The Morgan fingerprint density at radius 3 is 2.80 bits per heavy atom. The van der Waals surface area contributed by atoms with E-state index in [0.717, 1.165) is 18.2 Å². The van der Waals surface area contributed by atoms with Gasteiger partial charge in [-0.15, -0.1) is 10.2 Å². The Morgan fingerprint density at radius 2 is 2.20 bits per heavy atom. The second-order valence-electron chi connectivity index (χ2n) is 4.95. The number of aromatic nitrogens is 4. The van der Waals surface area contributed by atoms with Gasteiger partial charge in [0.1, 0.15) is 0 Å². The lowest BCUT2D eigenvalue weighted by atomic mass is 9.93. The summed E-state index contributed by atoms with van der Waals surface area (Å²) in [5.41, 5.74) is 5.95. The predicted octanol–water partition coefficient (Wildman–Crippen LogP) is 0.606. The molecule has 15 heavy (non-hydrogen) atoms. The Labute approximate surface area is 88.8 Å². The molecule has 2 atom stereocenters. The SMILES string of the molecule is NCC1(c2nn[nH]n2)CC1C1CCCC1. The van der Waals surface area contributed by atoms with Crippen LogP contribution in [-0.4, -0.2) is 27.2 Å². The quantitative estimate of drug-likeness (QED) is 0.760. The maximum atomic E-state index is 5.90. The maximum absolute atomic E-state index is 5.90. The predicted molar refractivity (Wildman–Crippen MR) is 55.0 cm³/mol. The Bertz CT molecular complexity index is 330. The van der Waals surface area contributed by atoms with Crippen molar-refractivity contribution < 1.29 is 0 Å². The molecule has 1 aromatic heterocycles. The van der Waals surface area contributed by atoms with Crippen LogP contribution in [-0.2, 0) is 5.41 Å². The molecule has 0 aliphatic heterocycles. The number of hydrogen-bond acceptors (Lipinski definition) is 4. The van der Waals surface area contributed by atoms with E-state index < -0.39 is 0 Å².